The molecule has 2 heterocycles. The quantitative estimate of drug-likeness (QED) is 0.626. The van der Waals surface area contributed by atoms with Gasteiger partial charge in [0.1, 0.15) is 22.8 Å². The number of phenols is 2. The normalized spacial score (nSPS) is 19.4. The Bertz CT molecular complexity index is 1100. The lowest BCUT2D eigenvalue weighted by Crippen LogP contribution is -2.43. The number of nitrogens with zero attached hydrogens (tertiary/aromatic N) is 3. The molecule has 5 rings (SSSR count). The van der Waals surface area contributed by atoms with E-state index in [2.05, 4.69) is 35.0 Å². The van der Waals surface area contributed by atoms with E-state index in [0.717, 1.165) is 56.7 Å². The van der Waals surface area contributed by atoms with Crippen molar-refractivity contribution in [3.05, 3.63) is 52.1 Å². The van der Waals surface area contributed by atoms with Crippen LogP contribution in [0.15, 0.2) is 24.3 Å². The van der Waals surface area contributed by atoms with Gasteiger partial charge in [0, 0.05) is 57.4 Å². The number of ether oxygens (including phenoxy) is 1. The number of rotatable bonds is 6. The van der Waals surface area contributed by atoms with Crippen LogP contribution < -0.4 is 4.74 Å². The molecule has 2 N–H and O–H groups in total. The molecule has 1 saturated carbocycles. The third kappa shape index (κ3) is 5.32. The number of likely N-dealkylation sites (N-methyl/N-ethyl adjacent to an activating group) is 1. The number of phenolic OH excluding ortho intramolecular Hbond substituents is 2. The first-order valence-corrected chi connectivity index (χ1v) is 13.4. The lowest BCUT2D eigenvalue weighted by molar-refractivity contribution is 0.0741. The van der Waals surface area contributed by atoms with E-state index in [1.807, 2.05) is 0 Å². The standard InChI is InChI=1S/C29H39N3O4/c1-20-25(33)15-26(34)27(28(20)36-19-21-6-4-3-5-7-21)29(35)32-17-23-9-8-22(14-24(23)18-32)16-31-12-10-30(2)11-13-31/h8-9,14-15,21,33-34H,3-7,10-13,16-19H2,1-2H3. The summed E-state index contributed by atoms with van der Waals surface area (Å²) in [6.45, 7) is 8.50. The fourth-order valence-corrected chi connectivity index (χ4v) is 5.78. The Labute approximate surface area is 214 Å². The van der Waals surface area contributed by atoms with E-state index in [1.54, 1.807) is 11.8 Å². The SMILES string of the molecule is Cc1c(O)cc(O)c(C(=O)N2Cc3ccc(CN4CCN(C)CC4)cc3C2)c1OCC1CCCCC1. The first-order chi connectivity index (χ1) is 17.4. The molecule has 0 unspecified atom stereocenters. The van der Waals surface area contributed by atoms with E-state index < -0.39 is 0 Å². The highest BCUT2D eigenvalue weighted by atomic mass is 16.5. The van der Waals surface area contributed by atoms with Crippen LogP contribution in [0.3, 0.4) is 0 Å². The topological polar surface area (TPSA) is 76.5 Å². The van der Waals surface area contributed by atoms with E-state index in [4.69, 9.17) is 4.74 Å². The van der Waals surface area contributed by atoms with Gasteiger partial charge in [0.05, 0.1) is 6.61 Å². The zero-order valence-electron chi connectivity index (χ0n) is 21.6. The second-order valence-electron chi connectivity index (χ2n) is 10.9. The molecule has 2 fully saturated rings. The first kappa shape index (κ1) is 24.9. The number of carbonyl (C=O) groups excluding carboxylic acids is 1. The third-order valence-corrected chi connectivity index (χ3v) is 8.17. The molecular weight excluding hydrogens is 454 g/mol. The number of aromatic hydroxyl groups is 2. The number of benzene rings is 2. The van der Waals surface area contributed by atoms with Crippen molar-refractivity contribution in [3.63, 3.8) is 0 Å². The fraction of sp³-hybridized carbons (Fsp3) is 0.552. The number of piperazine rings is 1. The van der Waals surface area contributed by atoms with Crippen molar-refractivity contribution in [2.45, 2.75) is 58.7 Å². The molecule has 0 atom stereocenters. The molecule has 2 aromatic rings. The zero-order valence-corrected chi connectivity index (χ0v) is 21.6. The maximum atomic E-state index is 13.7. The monoisotopic (exact) mass is 493 g/mol. The van der Waals surface area contributed by atoms with Crippen molar-refractivity contribution in [1.82, 2.24) is 14.7 Å². The summed E-state index contributed by atoms with van der Waals surface area (Å²) >= 11 is 0. The molecule has 7 heteroatoms. The smallest absolute Gasteiger partial charge is 0.262 e. The van der Waals surface area contributed by atoms with E-state index >= 15 is 0 Å². The lowest BCUT2D eigenvalue weighted by Gasteiger charge is -2.32. The molecular formula is C29H39N3O4. The minimum Gasteiger partial charge on any atom is -0.507 e. The van der Waals surface area contributed by atoms with Gasteiger partial charge in [-0.25, -0.2) is 0 Å². The molecule has 36 heavy (non-hydrogen) atoms. The summed E-state index contributed by atoms with van der Waals surface area (Å²) in [7, 11) is 2.16. The molecule has 2 aliphatic heterocycles. The van der Waals surface area contributed by atoms with Crippen molar-refractivity contribution < 1.29 is 19.7 Å². The molecule has 7 nitrogen and oxygen atoms in total. The summed E-state index contributed by atoms with van der Waals surface area (Å²) < 4.78 is 6.16. The molecule has 0 aromatic heterocycles. The summed E-state index contributed by atoms with van der Waals surface area (Å²) in [4.78, 5) is 20.3. The maximum absolute atomic E-state index is 13.7. The number of hydrogen-bond donors (Lipinski definition) is 2. The molecule has 0 spiro atoms. The molecule has 2 aromatic carbocycles. The largest absolute Gasteiger partial charge is 0.507 e. The molecule has 3 aliphatic rings. The van der Waals surface area contributed by atoms with Gasteiger partial charge < -0.3 is 24.7 Å². The van der Waals surface area contributed by atoms with Crippen molar-refractivity contribution in [2.24, 2.45) is 5.92 Å². The fourth-order valence-electron chi connectivity index (χ4n) is 5.78. The van der Waals surface area contributed by atoms with Crippen LogP contribution in [-0.4, -0.2) is 70.7 Å². The zero-order chi connectivity index (χ0) is 25.2. The molecule has 0 radical (unpaired) electrons. The highest BCUT2D eigenvalue weighted by Crippen LogP contribution is 2.40. The molecule has 0 bridgehead atoms. The number of amides is 1. The highest BCUT2D eigenvalue weighted by Gasteiger charge is 2.31. The van der Waals surface area contributed by atoms with Crippen LogP contribution in [0, 0.1) is 12.8 Å². The Balaban J connectivity index is 1.31. The van der Waals surface area contributed by atoms with Gasteiger partial charge >= 0.3 is 0 Å². The van der Waals surface area contributed by atoms with Crippen LogP contribution >= 0.6 is 0 Å². The minimum atomic E-state index is -0.258. The summed E-state index contributed by atoms with van der Waals surface area (Å²) in [6, 6.07) is 7.79. The Morgan fingerprint density at radius 1 is 0.972 bits per heavy atom. The Kier molecular flexibility index (Phi) is 7.39. The van der Waals surface area contributed by atoms with Crippen molar-refractivity contribution in [1.29, 1.82) is 0 Å². The van der Waals surface area contributed by atoms with Crippen LogP contribution in [0.4, 0.5) is 0 Å². The second kappa shape index (κ2) is 10.7. The second-order valence-corrected chi connectivity index (χ2v) is 10.9. The van der Waals surface area contributed by atoms with Crippen molar-refractivity contribution >= 4 is 5.91 Å². The van der Waals surface area contributed by atoms with Crippen LogP contribution in [0.2, 0.25) is 0 Å². The van der Waals surface area contributed by atoms with Gasteiger partial charge in [-0.1, -0.05) is 37.5 Å². The van der Waals surface area contributed by atoms with Gasteiger partial charge in [-0.05, 0) is 49.4 Å². The molecule has 1 aliphatic carbocycles. The van der Waals surface area contributed by atoms with E-state index in [0.29, 0.717) is 36.9 Å². The maximum Gasteiger partial charge on any atom is 0.262 e. The highest BCUT2D eigenvalue weighted by molar-refractivity contribution is 6.00. The summed E-state index contributed by atoms with van der Waals surface area (Å²) in [5, 5.41) is 21.1. The number of fused-ring (bicyclic) bond motifs is 1. The molecule has 1 amide bonds. The van der Waals surface area contributed by atoms with Gasteiger partial charge in [-0.3, -0.25) is 9.69 Å². The number of carbonyl (C=O) groups is 1. The summed E-state index contributed by atoms with van der Waals surface area (Å²) in [5.74, 6) is 0.218. The molecule has 194 valence electrons. The lowest BCUT2D eigenvalue weighted by atomic mass is 9.90. The summed E-state index contributed by atoms with van der Waals surface area (Å²) in [6.07, 6.45) is 5.90. The average molecular weight is 494 g/mol. The van der Waals surface area contributed by atoms with Gasteiger partial charge in [0.25, 0.3) is 5.91 Å². The van der Waals surface area contributed by atoms with Gasteiger partial charge in [-0.2, -0.15) is 0 Å². The van der Waals surface area contributed by atoms with E-state index in [9.17, 15) is 15.0 Å². The van der Waals surface area contributed by atoms with Crippen molar-refractivity contribution in [2.75, 3.05) is 39.8 Å². The van der Waals surface area contributed by atoms with E-state index in [-0.39, 0.29) is 23.0 Å². The predicted octanol–water partition coefficient (Wildman–Crippen LogP) is 4.27. The first-order valence-electron chi connectivity index (χ1n) is 13.4. The van der Waals surface area contributed by atoms with E-state index in [1.165, 1.54) is 30.9 Å². The summed E-state index contributed by atoms with van der Waals surface area (Å²) in [5.41, 5.74) is 4.23. The van der Waals surface area contributed by atoms with Crippen LogP contribution in [0.5, 0.6) is 17.2 Å². The van der Waals surface area contributed by atoms with Crippen LogP contribution in [0.25, 0.3) is 0 Å². The minimum absolute atomic E-state index is 0.0547. The van der Waals surface area contributed by atoms with Gasteiger partial charge in [0.2, 0.25) is 0 Å². The Morgan fingerprint density at radius 2 is 1.69 bits per heavy atom. The van der Waals surface area contributed by atoms with Crippen LogP contribution in [0.1, 0.15) is 64.7 Å². The number of hydrogen-bond acceptors (Lipinski definition) is 6. The van der Waals surface area contributed by atoms with Gasteiger partial charge in [-0.15, -0.1) is 0 Å². The van der Waals surface area contributed by atoms with Crippen LogP contribution in [-0.2, 0) is 19.6 Å². The predicted molar refractivity (Wildman–Crippen MR) is 139 cm³/mol. The Hall–Kier alpha value is -2.77. The third-order valence-electron chi connectivity index (χ3n) is 8.17. The Morgan fingerprint density at radius 3 is 2.44 bits per heavy atom. The average Bonchev–Trinajstić information content (AvgIpc) is 3.30. The van der Waals surface area contributed by atoms with Crippen molar-refractivity contribution in [3.8, 4) is 17.2 Å². The van der Waals surface area contributed by atoms with Gasteiger partial charge in [0.15, 0.2) is 0 Å². The molecule has 1 saturated heterocycles.